The van der Waals surface area contributed by atoms with Crippen LogP contribution in [0.25, 0.3) is 0 Å². The summed E-state index contributed by atoms with van der Waals surface area (Å²) in [5.74, 6) is -0.746. The second kappa shape index (κ2) is 4.07. The molecule has 0 aromatic rings. The van der Waals surface area contributed by atoms with E-state index in [0.717, 1.165) is 13.0 Å². The normalized spacial score (nSPS) is 33.5. The highest BCUT2D eigenvalue weighted by molar-refractivity contribution is 5.66. The molecule has 1 aliphatic heterocycles. The summed E-state index contributed by atoms with van der Waals surface area (Å²) in [5.41, 5.74) is -0.160. The molecular weight excluding hydrogens is 170 g/mol. The lowest BCUT2D eigenvalue weighted by molar-refractivity contribution is -0.137. The van der Waals surface area contributed by atoms with Gasteiger partial charge in [-0.2, -0.15) is 0 Å². The van der Waals surface area contributed by atoms with Crippen LogP contribution >= 0.6 is 0 Å². The number of hydrogen-bond donors (Lipinski definition) is 2. The average molecular weight is 187 g/mol. The third kappa shape index (κ3) is 2.42. The molecule has 2 N–H and O–H groups in total. The maximum Gasteiger partial charge on any atom is 0.303 e. The van der Waals surface area contributed by atoms with Crippen LogP contribution in [0, 0.1) is 0 Å². The molecule has 1 saturated heterocycles. The van der Waals surface area contributed by atoms with Gasteiger partial charge >= 0.3 is 5.97 Å². The van der Waals surface area contributed by atoms with Crippen molar-refractivity contribution in [2.75, 3.05) is 13.7 Å². The number of carboxylic acid groups (broad SMARTS) is 1. The van der Waals surface area contributed by atoms with Crippen LogP contribution in [-0.4, -0.2) is 36.4 Å². The van der Waals surface area contributed by atoms with Crippen LogP contribution in [0.5, 0.6) is 0 Å². The molecule has 4 nitrogen and oxygen atoms in total. The Morgan fingerprint density at radius 1 is 1.77 bits per heavy atom. The van der Waals surface area contributed by atoms with Gasteiger partial charge in [0.15, 0.2) is 0 Å². The van der Waals surface area contributed by atoms with Crippen molar-refractivity contribution in [1.82, 2.24) is 5.32 Å². The van der Waals surface area contributed by atoms with Crippen LogP contribution in [-0.2, 0) is 9.53 Å². The molecule has 0 bridgehead atoms. The Morgan fingerprint density at radius 2 is 2.46 bits per heavy atom. The van der Waals surface area contributed by atoms with Gasteiger partial charge in [-0.3, -0.25) is 4.79 Å². The zero-order valence-electron chi connectivity index (χ0n) is 8.17. The molecule has 2 atom stereocenters. The van der Waals surface area contributed by atoms with E-state index < -0.39 is 5.97 Å². The predicted octanol–water partition coefficient (Wildman–Crippen LogP) is 0.618. The van der Waals surface area contributed by atoms with E-state index in [1.165, 1.54) is 0 Å². The van der Waals surface area contributed by atoms with Gasteiger partial charge < -0.3 is 15.2 Å². The fourth-order valence-electron chi connectivity index (χ4n) is 1.92. The van der Waals surface area contributed by atoms with Crippen LogP contribution in [0.3, 0.4) is 0 Å². The first-order chi connectivity index (χ1) is 6.08. The molecule has 0 saturated carbocycles. The largest absolute Gasteiger partial charge is 0.481 e. The molecule has 0 spiro atoms. The van der Waals surface area contributed by atoms with Crippen molar-refractivity contribution in [2.24, 2.45) is 0 Å². The van der Waals surface area contributed by atoms with Gasteiger partial charge in [0.25, 0.3) is 0 Å². The second-order valence-electron chi connectivity index (χ2n) is 3.75. The van der Waals surface area contributed by atoms with Gasteiger partial charge in [0, 0.05) is 19.1 Å². The number of ether oxygens (including phenoxy) is 1. The summed E-state index contributed by atoms with van der Waals surface area (Å²) < 4.78 is 5.30. The zero-order valence-corrected chi connectivity index (χ0v) is 8.17. The second-order valence-corrected chi connectivity index (χ2v) is 3.75. The Hall–Kier alpha value is -0.610. The van der Waals surface area contributed by atoms with Gasteiger partial charge in [0.2, 0.25) is 0 Å². The van der Waals surface area contributed by atoms with E-state index >= 15 is 0 Å². The highest BCUT2D eigenvalue weighted by Gasteiger charge is 2.38. The van der Waals surface area contributed by atoms with Crippen molar-refractivity contribution in [3.8, 4) is 0 Å². The fourth-order valence-corrected chi connectivity index (χ4v) is 1.92. The Bertz CT molecular complexity index is 195. The van der Waals surface area contributed by atoms with Gasteiger partial charge in [-0.25, -0.2) is 0 Å². The van der Waals surface area contributed by atoms with E-state index in [1.807, 2.05) is 6.92 Å². The lowest BCUT2D eigenvalue weighted by Gasteiger charge is -2.30. The molecule has 4 heteroatoms. The minimum atomic E-state index is -0.746. The van der Waals surface area contributed by atoms with Gasteiger partial charge in [0.05, 0.1) is 6.10 Å². The van der Waals surface area contributed by atoms with Crippen LogP contribution in [0.15, 0.2) is 0 Å². The number of aliphatic carboxylic acids is 1. The summed E-state index contributed by atoms with van der Waals surface area (Å²) in [6.45, 7) is 2.94. The molecule has 76 valence electrons. The maximum absolute atomic E-state index is 10.4. The summed E-state index contributed by atoms with van der Waals surface area (Å²) in [4.78, 5) is 10.4. The molecule has 13 heavy (non-hydrogen) atoms. The number of methoxy groups -OCH3 is 1. The predicted molar refractivity (Wildman–Crippen MR) is 48.7 cm³/mol. The summed E-state index contributed by atoms with van der Waals surface area (Å²) in [7, 11) is 1.68. The summed E-state index contributed by atoms with van der Waals surface area (Å²) in [6, 6.07) is 0. The third-order valence-corrected chi connectivity index (χ3v) is 2.79. The molecule has 0 aromatic carbocycles. The number of hydrogen-bond acceptors (Lipinski definition) is 3. The number of rotatable bonds is 4. The first kappa shape index (κ1) is 10.5. The Labute approximate surface area is 78.3 Å². The number of carbonyl (C=O) groups is 1. The molecule has 1 rings (SSSR count). The smallest absolute Gasteiger partial charge is 0.303 e. The lowest BCUT2D eigenvalue weighted by Crippen LogP contribution is -2.45. The Morgan fingerprint density at radius 3 is 3.00 bits per heavy atom. The van der Waals surface area contributed by atoms with Gasteiger partial charge in [-0.05, 0) is 26.3 Å². The molecule has 0 aliphatic carbocycles. The van der Waals surface area contributed by atoms with Gasteiger partial charge in [0.1, 0.15) is 0 Å². The fraction of sp³-hybridized carbons (Fsp3) is 0.889. The van der Waals surface area contributed by atoms with Crippen molar-refractivity contribution in [2.45, 2.75) is 37.8 Å². The van der Waals surface area contributed by atoms with Crippen LogP contribution in [0.4, 0.5) is 0 Å². The Kier molecular flexibility index (Phi) is 3.27. The molecule has 1 fully saturated rings. The number of carboxylic acids is 1. The van der Waals surface area contributed by atoms with Crippen molar-refractivity contribution in [3.63, 3.8) is 0 Å². The maximum atomic E-state index is 10.4. The van der Waals surface area contributed by atoms with E-state index in [1.54, 1.807) is 7.11 Å². The van der Waals surface area contributed by atoms with Crippen molar-refractivity contribution in [3.05, 3.63) is 0 Å². The van der Waals surface area contributed by atoms with E-state index in [4.69, 9.17) is 9.84 Å². The minimum Gasteiger partial charge on any atom is -0.481 e. The first-order valence-electron chi connectivity index (χ1n) is 4.58. The quantitative estimate of drug-likeness (QED) is 0.677. The third-order valence-electron chi connectivity index (χ3n) is 2.79. The van der Waals surface area contributed by atoms with E-state index in [-0.39, 0.29) is 18.1 Å². The molecule has 0 aromatic heterocycles. The molecule has 1 heterocycles. The highest BCUT2D eigenvalue weighted by Crippen LogP contribution is 2.26. The first-order valence-corrected chi connectivity index (χ1v) is 4.58. The number of nitrogens with one attached hydrogen (secondary N) is 1. The van der Waals surface area contributed by atoms with E-state index in [9.17, 15) is 4.79 Å². The zero-order chi connectivity index (χ0) is 9.90. The average Bonchev–Trinajstić information content (AvgIpc) is 2.44. The summed E-state index contributed by atoms with van der Waals surface area (Å²) in [6.07, 6.45) is 1.93. The SMILES string of the molecule is CO[C@@H]1CCN[C@]1(C)CCC(=O)O. The van der Waals surface area contributed by atoms with Crippen molar-refractivity contribution in [1.29, 1.82) is 0 Å². The molecule has 0 amide bonds. The monoisotopic (exact) mass is 187 g/mol. The molecular formula is C9H17NO3. The molecule has 1 aliphatic rings. The van der Waals surface area contributed by atoms with Crippen molar-refractivity contribution >= 4 is 5.97 Å². The van der Waals surface area contributed by atoms with Crippen LogP contribution in [0.1, 0.15) is 26.2 Å². The molecule has 0 radical (unpaired) electrons. The topological polar surface area (TPSA) is 58.6 Å². The molecule has 0 unspecified atom stereocenters. The van der Waals surface area contributed by atoms with Gasteiger partial charge in [-0.15, -0.1) is 0 Å². The van der Waals surface area contributed by atoms with Crippen LogP contribution < -0.4 is 5.32 Å². The van der Waals surface area contributed by atoms with E-state index in [0.29, 0.717) is 6.42 Å². The van der Waals surface area contributed by atoms with Gasteiger partial charge in [-0.1, -0.05) is 0 Å². The van der Waals surface area contributed by atoms with Crippen LogP contribution in [0.2, 0.25) is 0 Å². The Balaban J connectivity index is 2.48. The summed E-state index contributed by atoms with van der Waals surface area (Å²) >= 11 is 0. The summed E-state index contributed by atoms with van der Waals surface area (Å²) in [5, 5.41) is 11.9. The lowest BCUT2D eigenvalue weighted by atomic mass is 9.91. The standard InChI is InChI=1S/C9H17NO3/c1-9(5-3-8(11)12)7(13-2)4-6-10-9/h7,10H,3-6H2,1-2H3,(H,11,12)/t7-,9-/m1/s1. The van der Waals surface area contributed by atoms with Crippen molar-refractivity contribution < 1.29 is 14.6 Å². The highest BCUT2D eigenvalue weighted by atomic mass is 16.5. The van der Waals surface area contributed by atoms with E-state index in [2.05, 4.69) is 5.32 Å². The minimum absolute atomic E-state index is 0.145.